The number of amides is 2. The molecule has 36 heavy (non-hydrogen) atoms. The SMILES string of the molecule is CCOC(=O)[C@@H]1[C@@H]2CCC3(S2)C(C(=O)NCn2nnc4ccccc42)N([C@@H](CO)[C@@H](C)CC)C(=O)[C@H]13. The molecule has 5 rings (SSSR count). The third-order valence-electron chi connectivity index (χ3n) is 8.21. The monoisotopic (exact) mass is 515 g/mol. The van der Waals surface area contributed by atoms with Crippen LogP contribution in [0.1, 0.15) is 40.0 Å². The fourth-order valence-electron chi connectivity index (χ4n) is 6.35. The normalized spacial score (nSPS) is 30.4. The van der Waals surface area contributed by atoms with Crippen molar-refractivity contribution in [3.05, 3.63) is 24.3 Å². The van der Waals surface area contributed by atoms with Crippen molar-refractivity contribution in [1.29, 1.82) is 0 Å². The van der Waals surface area contributed by atoms with Crippen molar-refractivity contribution in [3.8, 4) is 0 Å². The maximum Gasteiger partial charge on any atom is 0.310 e. The molecule has 2 N–H and O–H groups in total. The molecule has 2 unspecified atom stereocenters. The van der Waals surface area contributed by atoms with Crippen LogP contribution in [0.15, 0.2) is 24.3 Å². The quantitative estimate of drug-likeness (QED) is 0.482. The molecule has 1 aromatic heterocycles. The number of benzene rings is 1. The lowest BCUT2D eigenvalue weighted by molar-refractivity contribution is -0.154. The van der Waals surface area contributed by atoms with E-state index in [2.05, 4.69) is 15.6 Å². The molecule has 1 aromatic carbocycles. The van der Waals surface area contributed by atoms with E-state index < -0.39 is 28.7 Å². The fraction of sp³-hybridized carbons (Fsp3) is 0.640. The van der Waals surface area contributed by atoms with Crippen molar-refractivity contribution >= 4 is 40.6 Å². The van der Waals surface area contributed by atoms with Crippen molar-refractivity contribution in [2.45, 2.75) is 68.8 Å². The van der Waals surface area contributed by atoms with Gasteiger partial charge in [0.2, 0.25) is 11.8 Å². The molecule has 3 aliphatic rings. The predicted octanol–water partition coefficient (Wildman–Crippen LogP) is 1.57. The lowest BCUT2D eigenvalue weighted by Crippen LogP contribution is -2.57. The molecule has 11 heteroatoms. The van der Waals surface area contributed by atoms with Crippen LogP contribution in [-0.2, 0) is 25.8 Å². The van der Waals surface area contributed by atoms with E-state index in [1.807, 2.05) is 38.1 Å². The summed E-state index contributed by atoms with van der Waals surface area (Å²) in [7, 11) is 0. The molecular formula is C25H33N5O5S. The Kier molecular flexibility index (Phi) is 6.71. The number of nitrogens with zero attached hydrogens (tertiary/aromatic N) is 4. The van der Waals surface area contributed by atoms with Gasteiger partial charge in [0, 0.05) is 5.25 Å². The van der Waals surface area contributed by atoms with Crippen LogP contribution in [0.4, 0.5) is 0 Å². The van der Waals surface area contributed by atoms with E-state index >= 15 is 0 Å². The number of aliphatic hydroxyl groups excluding tert-OH is 1. The molecule has 3 fully saturated rings. The molecule has 0 aliphatic carbocycles. The number of para-hydroxylation sites is 1. The van der Waals surface area contributed by atoms with Crippen LogP contribution in [-0.4, -0.2) is 78.1 Å². The summed E-state index contributed by atoms with van der Waals surface area (Å²) in [5, 5.41) is 21.6. The molecule has 194 valence electrons. The Balaban J connectivity index is 1.49. The Morgan fingerprint density at radius 3 is 2.83 bits per heavy atom. The van der Waals surface area contributed by atoms with Gasteiger partial charge in [0.1, 0.15) is 18.2 Å². The lowest BCUT2D eigenvalue weighted by atomic mass is 9.71. The van der Waals surface area contributed by atoms with E-state index in [9.17, 15) is 19.5 Å². The maximum absolute atomic E-state index is 14.0. The number of carbonyl (C=O) groups is 3. The van der Waals surface area contributed by atoms with Crippen LogP contribution in [0.5, 0.6) is 0 Å². The van der Waals surface area contributed by atoms with Gasteiger partial charge in [-0.3, -0.25) is 14.4 Å². The standard InChI is InChI=1S/C25H33N5O5S/c1-4-14(3)17(12-31)30-21(22(32)26-13-29-16-9-7-6-8-15(16)27-28-29)25-11-10-18(36-25)19(20(25)23(30)33)24(34)35-5-2/h6-9,14,17-21,31H,4-5,10-13H2,1-3H3,(H,26,32)/t14-,17-,18-,19+,20-,21?,25?/m0/s1. The summed E-state index contributed by atoms with van der Waals surface area (Å²) >= 11 is 1.59. The van der Waals surface area contributed by atoms with Crippen LogP contribution >= 0.6 is 11.8 Å². The van der Waals surface area contributed by atoms with Crippen molar-refractivity contribution in [2.24, 2.45) is 17.8 Å². The molecular weight excluding hydrogens is 482 g/mol. The zero-order chi connectivity index (χ0) is 25.6. The summed E-state index contributed by atoms with van der Waals surface area (Å²) in [5.41, 5.74) is 1.52. The van der Waals surface area contributed by atoms with Crippen molar-refractivity contribution < 1.29 is 24.2 Å². The number of aromatic nitrogens is 3. The highest BCUT2D eigenvalue weighted by Crippen LogP contribution is 2.66. The first kappa shape index (κ1) is 25.0. The number of ether oxygens (including phenoxy) is 1. The molecule has 7 atom stereocenters. The predicted molar refractivity (Wildman–Crippen MR) is 134 cm³/mol. The van der Waals surface area contributed by atoms with E-state index in [4.69, 9.17) is 4.74 Å². The minimum atomic E-state index is -0.801. The molecule has 0 radical (unpaired) electrons. The number of hydrogen-bond acceptors (Lipinski definition) is 8. The summed E-state index contributed by atoms with van der Waals surface area (Å²) in [6.45, 7) is 5.82. The number of fused-ring (bicyclic) bond motifs is 2. The van der Waals surface area contributed by atoms with Gasteiger partial charge < -0.3 is 20.1 Å². The molecule has 2 bridgehead atoms. The van der Waals surface area contributed by atoms with E-state index in [0.29, 0.717) is 6.42 Å². The topological polar surface area (TPSA) is 127 Å². The number of thioether (sulfide) groups is 1. The van der Waals surface area contributed by atoms with Gasteiger partial charge >= 0.3 is 5.97 Å². The summed E-state index contributed by atoms with van der Waals surface area (Å²) < 4.78 is 6.25. The largest absolute Gasteiger partial charge is 0.466 e. The summed E-state index contributed by atoms with van der Waals surface area (Å²) in [6.07, 6.45) is 2.15. The first-order valence-corrected chi connectivity index (χ1v) is 13.6. The lowest BCUT2D eigenvalue weighted by Gasteiger charge is -2.39. The smallest absolute Gasteiger partial charge is 0.310 e. The number of hydrogen-bond donors (Lipinski definition) is 2. The molecule has 2 amide bonds. The Morgan fingerprint density at radius 2 is 2.11 bits per heavy atom. The van der Waals surface area contributed by atoms with Crippen LogP contribution in [0, 0.1) is 17.8 Å². The molecule has 3 aliphatic heterocycles. The maximum atomic E-state index is 14.0. The molecule has 10 nitrogen and oxygen atoms in total. The Bertz CT molecular complexity index is 1170. The molecule has 1 spiro atoms. The van der Waals surface area contributed by atoms with Crippen LogP contribution in [0.3, 0.4) is 0 Å². The second-order valence-electron chi connectivity index (χ2n) is 9.97. The molecule has 0 saturated carbocycles. The van der Waals surface area contributed by atoms with Crippen molar-refractivity contribution in [2.75, 3.05) is 13.2 Å². The van der Waals surface area contributed by atoms with Gasteiger partial charge in [-0.2, -0.15) is 0 Å². The first-order chi connectivity index (χ1) is 17.4. The second kappa shape index (κ2) is 9.66. The van der Waals surface area contributed by atoms with Gasteiger partial charge in [-0.05, 0) is 37.8 Å². The van der Waals surface area contributed by atoms with E-state index in [1.54, 1.807) is 28.3 Å². The zero-order valence-corrected chi connectivity index (χ0v) is 21.6. The van der Waals surface area contributed by atoms with E-state index in [1.165, 1.54) is 0 Å². The summed E-state index contributed by atoms with van der Waals surface area (Å²) in [6, 6.07) is 6.16. The first-order valence-electron chi connectivity index (χ1n) is 12.7. The molecule has 4 heterocycles. The van der Waals surface area contributed by atoms with Gasteiger partial charge in [0.25, 0.3) is 0 Å². The van der Waals surface area contributed by atoms with Crippen LogP contribution in [0.2, 0.25) is 0 Å². The number of likely N-dealkylation sites (tertiary alicyclic amines) is 1. The number of carbonyl (C=O) groups excluding carboxylic acids is 3. The second-order valence-corrected chi connectivity index (χ2v) is 11.6. The Morgan fingerprint density at radius 1 is 1.33 bits per heavy atom. The van der Waals surface area contributed by atoms with Crippen LogP contribution < -0.4 is 5.32 Å². The average Bonchev–Trinajstić information content (AvgIpc) is 3.62. The highest BCUT2D eigenvalue weighted by atomic mass is 32.2. The van der Waals surface area contributed by atoms with Gasteiger partial charge in [-0.25, -0.2) is 4.68 Å². The zero-order valence-electron chi connectivity index (χ0n) is 20.8. The van der Waals surface area contributed by atoms with E-state index in [-0.39, 0.29) is 48.8 Å². The minimum Gasteiger partial charge on any atom is -0.466 e. The third kappa shape index (κ3) is 3.70. The van der Waals surface area contributed by atoms with Gasteiger partial charge in [0.15, 0.2) is 0 Å². The van der Waals surface area contributed by atoms with Gasteiger partial charge in [-0.1, -0.05) is 37.6 Å². The highest BCUT2D eigenvalue weighted by Gasteiger charge is 2.74. The number of nitrogens with one attached hydrogen (secondary N) is 1. The van der Waals surface area contributed by atoms with Crippen molar-refractivity contribution in [1.82, 2.24) is 25.2 Å². The third-order valence-corrected chi connectivity index (χ3v) is 10.2. The molecule has 2 aromatic rings. The summed E-state index contributed by atoms with van der Waals surface area (Å²) in [4.78, 5) is 42.5. The van der Waals surface area contributed by atoms with Gasteiger partial charge in [-0.15, -0.1) is 16.9 Å². The number of aliphatic hydroxyl groups is 1. The fourth-order valence-corrected chi connectivity index (χ4v) is 8.55. The minimum absolute atomic E-state index is 0.0213. The van der Waals surface area contributed by atoms with Crippen LogP contribution in [0.25, 0.3) is 11.0 Å². The van der Waals surface area contributed by atoms with Gasteiger partial charge in [0.05, 0.1) is 41.4 Å². The summed E-state index contributed by atoms with van der Waals surface area (Å²) in [5.74, 6) is -2.13. The van der Waals surface area contributed by atoms with Crippen molar-refractivity contribution in [3.63, 3.8) is 0 Å². The number of rotatable bonds is 9. The Hall–Kier alpha value is -2.66. The van der Waals surface area contributed by atoms with E-state index in [0.717, 1.165) is 23.9 Å². The highest BCUT2D eigenvalue weighted by molar-refractivity contribution is 8.02. The average molecular weight is 516 g/mol. The molecule has 3 saturated heterocycles. The Labute approximate surface area is 214 Å². The number of esters is 1.